The quantitative estimate of drug-likeness (QED) is 0.640. The fourth-order valence-electron chi connectivity index (χ4n) is 0.847. The van der Waals surface area contributed by atoms with Gasteiger partial charge >= 0.3 is 0 Å². The fraction of sp³-hybridized carbons (Fsp3) is 0.111. The van der Waals surface area contributed by atoms with E-state index in [4.69, 9.17) is 23.2 Å². The highest BCUT2D eigenvalue weighted by molar-refractivity contribution is 6.35. The second kappa shape index (κ2) is 4.98. The third-order valence-corrected chi connectivity index (χ3v) is 1.98. The van der Waals surface area contributed by atoms with E-state index in [1.807, 2.05) is 0 Å². The third kappa shape index (κ3) is 2.72. The molecule has 5 heteroatoms. The number of hydrogen-bond acceptors (Lipinski definition) is 2. The summed E-state index contributed by atoms with van der Waals surface area (Å²) in [6.07, 6.45) is 2.92. The van der Waals surface area contributed by atoms with Gasteiger partial charge in [0.1, 0.15) is 5.15 Å². The molecule has 0 aliphatic rings. The molecule has 1 amide bonds. The molecule has 0 aliphatic carbocycles. The van der Waals surface area contributed by atoms with Crippen molar-refractivity contribution < 1.29 is 4.79 Å². The number of hydrogen-bond donors (Lipinski definition) is 1. The lowest BCUT2D eigenvalue weighted by Gasteiger charge is -2.03. The topological polar surface area (TPSA) is 42.0 Å². The van der Waals surface area contributed by atoms with Crippen LogP contribution in [-0.4, -0.2) is 17.4 Å². The van der Waals surface area contributed by atoms with Crippen molar-refractivity contribution in [2.75, 3.05) is 6.54 Å². The minimum absolute atomic E-state index is 0.234. The summed E-state index contributed by atoms with van der Waals surface area (Å²) < 4.78 is 0. The maximum Gasteiger partial charge on any atom is 0.253 e. The second-order valence-electron chi connectivity index (χ2n) is 2.49. The molecule has 1 N–H and O–H groups in total. The number of carbonyl (C=O) groups excluding carboxylic acids is 1. The van der Waals surface area contributed by atoms with Crippen molar-refractivity contribution in [3.8, 4) is 0 Å². The average Bonchev–Trinajstić information content (AvgIpc) is 2.18. The Morgan fingerprint density at radius 2 is 2.36 bits per heavy atom. The predicted octanol–water partition coefficient (Wildman–Crippen LogP) is 2.30. The Labute approximate surface area is 91.7 Å². The van der Waals surface area contributed by atoms with Gasteiger partial charge in [0.05, 0.1) is 10.6 Å². The summed E-state index contributed by atoms with van der Waals surface area (Å²) in [5.74, 6) is -0.292. The predicted molar refractivity (Wildman–Crippen MR) is 56.8 cm³/mol. The van der Waals surface area contributed by atoms with E-state index < -0.39 is 0 Å². The first kappa shape index (κ1) is 11.0. The van der Waals surface area contributed by atoms with Crippen LogP contribution in [-0.2, 0) is 0 Å². The highest BCUT2D eigenvalue weighted by Crippen LogP contribution is 2.17. The summed E-state index contributed by atoms with van der Waals surface area (Å²) >= 11 is 11.4. The molecule has 0 spiro atoms. The van der Waals surface area contributed by atoms with E-state index in [0.717, 1.165) is 0 Å². The number of amides is 1. The lowest BCUT2D eigenvalue weighted by Crippen LogP contribution is -2.23. The van der Waals surface area contributed by atoms with Gasteiger partial charge in [-0.15, -0.1) is 6.58 Å². The summed E-state index contributed by atoms with van der Waals surface area (Å²) in [6.45, 7) is 3.86. The molecule has 14 heavy (non-hydrogen) atoms. The third-order valence-electron chi connectivity index (χ3n) is 1.47. The van der Waals surface area contributed by atoms with E-state index in [1.165, 1.54) is 12.3 Å². The van der Waals surface area contributed by atoms with Gasteiger partial charge in [0.15, 0.2) is 0 Å². The van der Waals surface area contributed by atoms with Crippen LogP contribution in [0.4, 0.5) is 0 Å². The zero-order chi connectivity index (χ0) is 10.6. The van der Waals surface area contributed by atoms with Crippen molar-refractivity contribution in [3.63, 3.8) is 0 Å². The summed E-state index contributed by atoms with van der Waals surface area (Å²) in [5.41, 5.74) is 0.313. The molecule has 0 aromatic carbocycles. The van der Waals surface area contributed by atoms with E-state index in [-0.39, 0.29) is 16.1 Å². The number of pyridine rings is 1. The van der Waals surface area contributed by atoms with Crippen LogP contribution in [0, 0.1) is 0 Å². The maximum absolute atomic E-state index is 11.4. The Balaban J connectivity index is 2.88. The molecule has 0 radical (unpaired) electrons. The van der Waals surface area contributed by atoms with Crippen molar-refractivity contribution in [1.29, 1.82) is 0 Å². The number of nitrogens with one attached hydrogen (secondary N) is 1. The lowest BCUT2D eigenvalue weighted by molar-refractivity contribution is 0.0958. The Morgan fingerprint density at radius 1 is 1.64 bits per heavy atom. The van der Waals surface area contributed by atoms with Crippen LogP contribution in [0.3, 0.4) is 0 Å². The molecule has 0 aliphatic heterocycles. The molecule has 0 bridgehead atoms. The number of rotatable bonds is 3. The molecule has 1 aromatic rings. The molecular formula is C9H8Cl2N2O. The van der Waals surface area contributed by atoms with Crippen molar-refractivity contribution >= 4 is 29.1 Å². The van der Waals surface area contributed by atoms with Gasteiger partial charge in [-0.2, -0.15) is 0 Å². The average molecular weight is 231 g/mol. The Bertz CT molecular complexity index is 366. The first-order valence-corrected chi connectivity index (χ1v) is 4.61. The summed E-state index contributed by atoms with van der Waals surface area (Å²) in [4.78, 5) is 15.2. The van der Waals surface area contributed by atoms with Crippen LogP contribution < -0.4 is 5.32 Å². The van der Waals surface area contributed by atoms with E-state index in [9.17, 15) is 4.79 Å². The number of aromatic nitrogens is 1. The molecule has 0 fully saturated rings. The largest absolute Gasteiger partial charge is 0.349 e. The van der Waals surface area contributed by atoms with Crippen molar-refractivity contribution in [2.45, 2.75) is 0 Å². The number of nitrogens with zero attached hydrogens (tertiary/aromatic N) is 1. The molecule has 1 rings (SSSR count). The van der Waals surface area contributed by atoms with Gasteiger partial charge in [-0.1, -0.05) is 29.3 Å². The highest BCUT2D eigenvalue weighted by Gasteiger charge is 2.10. The number of halogens is 2. The summed E-state index contributed by atoms with van der Waals surface area (Å²) in [7, 11) is 0. The Hall–Kier alpha value is -1.06. The standard InChI is InChI=1S/C9H8Cl2N2O/c1-2-3-12-9(14)6-4-8(11)13-5-7(6)10/h2,4-5H,1,3H2,(H,12,14). The van der Waals surface area contributed by atoms with Gasteiger partial charge in [0, 0.05) is 12.7 Å². The van der Waals surface area contributed by atoms with Crippen LogP contribution in [0.5, 0.6) is 0 Å². The van der Waals surface area contributed by atoms with E-state index in [1.54, 1.807) is 6.08 Å². The Kier molecular flexibility index (Phi) is 3.92. The van der Waals surface area contributed by atoms with Gasteiger partial charge < -0.3 is 5.32 Å². The highest BCUT2D eigenvalue weighted by atomic mass is 35.5. The zero-order valence-electron chi connectivity index (χ0n) is 7.26. The monoisotopic (exact) mass is 230 g/mol. The van der Waals surface area contributed by atoms with E-state index >= 15 is 0 Å². The van der Waals surface area contributed by atoms with Gasteiger partial charge in [-0.25, -0.2) is 4.98 Å². The van der Waals surface area contributed by atoms with Crippen molar-refractivity contribution in [2.24, 2.45) is 0 Å². The molecule has 0 unspecified atom stereocenters. The normalized spacial score (nSPS) is 9.57. The van der Waals surface area contributed by atoms with E-state index in [2.05, 4.69) is 16.9 Å². The molecule has 1 heterocycles. The molecule has 0 atom stereocenters. The van der Waals surface area contributed by atoms with Crippen LogP contribution >= 0.6 is 23.2 Å². The molecule has 0 saturated carbocycles. The SMILES string of the molecule is C=CCNC(=O)c1cc(Cl)ncc1Cl. The molecule has 1 aromatic heterocycles. The van der Waals surface area contributed by atoms with Gasteiger partial charge in [-0.3, -0.25) is 4.79 Å². The van der Waals surface area contributed by atoms with E-state index in [0.29, 0.717) is 12.1 Å². The van der Waals surface area contributed by atoms with Crippen LogP contribution in [0.2, 0.25) is 10.2 Å². The molecule has 3 nitrogen and oxygen atoms in total. The van der Waals surface area contributed by atoms with Gasteiger partial charge in [-0.05, 0) is 6.07 Å². The van der Waals surface area contributed by atoms with Crippen LogP contribution in [0.1, 0.15) is 10.4 Å². The fourth-order valence-corrected chi connectivity index (χ4v) is 1.19. The minimum atomic E-state index is -0.292. The van der Waals surface area contributed by atoms with Crippen LogP contribution in [0.25, 0.3) is 0 Å². The summed E-state index contributed by atoms with van der Waals surface area (Å²) in [5, 5.41) is 3.10. The smallest absolute Gasteiger partial charge is 0.253 e. The maximum atomic E-state index is 11.4. The lowest BCUT2D eigenvalue weighted by atomic mass is 10.2. The minimum Gasteiger partial charge on any atom is -0.349 e. The molecule has 74 valence electrons. The zero-order valence-corrected chi connectivity index (χ0v) is 8.77. The molecule has 0 saturated heterocycles. The number of carbonyl (C=O) groups is 1. The van der Waals surface area contributed by atoms with Gasteiger partial charge in [0.25, 0.3) is 5.91 Å². The first-order chi connectivity index (χ1) is 6.65. The van der Waals surface area contributed by atoms with Crippen molar-refractivity contribution in [1.82, 2.24) is 10.3 Å². The van der Waals surface area contributed by atoms with Crippen molar-refractivity contribution in [3.05, 3.63) is 40.7 Å². The van der Waals surface area contributed by atoms with Gasteiger partial charge in [0.2, 0.25) is 0 Å². The second-order valence-corrected chi connectivity index (χ2v) is 3.28. The van der Waals surface area contributed by atoms with Crippen LogP contribution in [0.15, 0.2) is 24.9 Å². The first-order valence-electron chi connectivity index (χ1n) is 3.85. The summed E-state index contributed by atoms with van der Waals surface area (Å²) in [6, 6.07) is 1.42. The Morgan fingerprint density at radius 3 is 3.00 bits per heavy atom. The molecular weight excluding hydrogens is 223 g/mol.